The number of carbonyl (C=O) groups excluding carboxylic acids is 1. The van der Waals surface area contributed by atoms with E-state index in [1.807, 2.05) is 60.8 Å². The normalized spacial score (nSPS) is 12.0. The molecule has 46 heavy (non-hydrogen) atoms. The highest BCUT2D eigenvalue weighted by molar-refractivity contribution is 5.93. The van der Waals surface area contributed by atoms with E-state index in [2.05, 4.69) is 43.2 Å². The number of carbonyl (C=O) groups is 1. The SMILES string of the molecule is COc1ccc(Cn2c(CCc3c[nH]c4ccccc34)nnc2[C@H](NC(=O)c2ccccn2)c2c[nH]c3ccccc23)c(OC)c1. The van der Waals surface area contributed by atoms with Crippen molar-refractivity contribution in [3.8, 4) is 11.5 Å². The number of nitrogens with zero attached hydrogens (tertiary/aromatic N) is 4. The number of nitrogens with one attached hydrogen (secondary N) is 3. The second kappa shape index (κ2) is 12.6. The van der Waals surface area contributed by atoms with E-state index in [-0.39, 0.29) is 5.91 Å². The first kappa shape index (κ1) is 28.8. The van der Waals surface area contributed by atoms with E-state index in [0.717, 1.165) is 39.8 Å². The number of aryl methyl sites for hydroxylation is 2. The molecule has 4 heterocycles. The first-order valence-electron chi connectivity index (χ1n) is 15.1. The van der Waals surface area contributed by atoms with Crippen LogP contribution in [0.5, 0.6) is 11.5 Å². The third kappa shape index (κ3) is 5.56. The number of pyridine rings is 1. The lowest BCUT2D eigenvalue weighted by Crippen LogP contribution is -2.32. The summed E-state index contributed by atoms with van der Waals surface area (Å²) in [6.07, 6.45) is 6.96. The minimum atomic E-state index is -0.635. The summed E-state index contributed by atoms with van der Waals surface area (Å²) in [7, 11) is 3.27. The Bertz CT molecular complexity index is 2130. The molecule has 0 bridgehead atoms. The number of aromatic amines is 2. The largest absolute Gasteiger partial charge is 0.497 e. The highest BCUT2D eigenvalue weighted by Gasteiger charge is 2.28. The van der Waals surface area contributed by atoms with Gasteiger partial charge in [-0.05, 0) is 48.4 Å². The Kier molecular flexibility index (Phi) is 7.91. The number of fused-ring (bicyclic) bond motifs is 2. The van der Waals surface area contributed by atoms with Gasteiger partial charge in [-0.15, -0.1) is 10.2 Å². The van der Waals surface area contributed by atoms with E-state index >= 15 is 0 Å². The Hall–Kier alpha value is -5.90. The van der Waals surface area contributed by atoms with Crippen LogP contribution in [0.15, 0.2) is 104 Å². The van der Waals surface area contributed by atoms with Crippen molar-refractivity contribution in [2.75, 3.05) is 14.2 Å². The molecule has 0 saturated carbocycles. The summed E-state index contributed by atoms with van der Waals surface area (Å²) in [4.78, 5) is 24.7. The molecule has 0 aliphatic rings. The summed E-state index contributed by atoms with van der Waals surface area (Å²) < 4.78 is 13.3. The fraction of sp³-hybridized carbons (Fsp3) is 0.167. The van der Waals surface area contributed by atoms with Gasteiger partial charge in [-0.2, -0.15) is 0 Å². The Labute approximate surface area is 265 Å². The Balaban J connectivity index is 1.33. The van der Waals surface area contributed by atoms with Gasteiger partial charge in [0.2, 0.25) is 0 Å². The van der Waals surface area contributed by atoms with Gasteiger partial charge in [-0.1, -0.05) is 42.5 Å². The molecule has 230 valence electrons. The zero-order valence-electron chi connectivity index (χ0n) is 25.5. The molecule has 10 nitrogen and oxygen atoms in total. The average Bonchev–Trinajstić information content (AvgIpc) is 3.84. The van der Waals surface area contributed by atoms with E-state index in [1.54, 1.807) is 38.6 Å². The van der Waals surface area contributed by atoms with Crippen molar-refractivity contribution in [1.29, 1.82) is 0 Å². The van der Waals surface area contributed by atoms with E-state index in [0.29, 0.717) is 36.0 Å². The number of hydrogen-bond donors (Lipinski definition) is 3. The maximum Gasteiger partial charge on any atom is 0.270 e. The maximum atomic E-state index is 13.6. The quantitative estimate of drug-likeness (QED) is 0.165. The molecule has 1 atom stereocenters. The van der Waals surface area contributed by atoms with Crippen molar-refractivity contribution < 1.29 is 14.3 Å². The number of amides is 1. The van der Waals surface area contributed by atoms with Gasteiger partial charge >= 0.3 is 0 Å². The van der Waals surface area contributed by atoms with Gasteiger partial charge in [0, 0.05) is 64.0 Å². The zero-order valence-corrected chi connectivity index (χ0v) is 25.5. The predicted molar refractivity (Wildman–Crippen MR) is 176 cm³/mol. The molecule has 0 saturated heterocycles. The molecular formula is C36H33N7O3. The Morgan fingerprint density at radius 1 is 0.826 bits per heavy atom. The fourth-order valence-corrected chi connectivity index (χ4v) is 5.97. The standard InChI is InChI=1S/C36H33N7O3/c1-45-25-16-14-24(32(19-25)46-2)22-43-33(17-15-23-20-38-29-11-5-3-9-26(23)29)41-42-35(43)34(40-36(44)31-13-7-8-18-37-31)28-21-39-30-12-6-4-10-27(28)30/h3-14,16,18-21,34,38-39H,15,17,22H2,1-2H3,(H,40,44)/t34-/m1/s1. The topological polar surface area (TPSA) is 123 Å². The van der Waals surface area contributed by atoms with Crippen LogP contribution in [0.2, 0.25) is 0 Å². The van der Waals surface area contributed by atoms with Crippen LogP contribution in [-0.4, -0.2) is 49.8 Å². The second-order valence-electron chi connectivity index (χ2n) is 11.0. The van der Waals surface area contributed by atoms with Gasteiger partial charge in [0.05, 0.1) is 20.8 Å². The van der Waals surface area contributed by atoms with Gasteiger partial charge in [0.15, 0.2) is 5.82 Å². The molecule has 0 aliphatic heterocycles. The van der Waals surface area contributed by atoms with Crippen LogP contribution in [-0.2, 0) is 19.4 Å². The van der Waals surface area contributed by atoms with Crippen molar-refractivity contribution in [1.82, 2.24) is 35.0 Å². The van der Waals surface area contributed by atoms with E-state index < -0.39 is 6.04 Å². The van der Waals surface area contributed by atoms with Crippen LogP contribution in [0.25, 0.3) is 21.8 Å². The van der Waals surface area contributed by atoms with Gasteiger partial charge in [-0.3, -0.25) is 9.78 Å². The van der Waals surface area contributed by atoms with Crippen LogP contribution in [0.4, 0.5) is 0 Å². The molecule has 4 aromatic heterocycles. The van der Waals surface area contributed by atoms with Crippen LogP contribution in [0, 0.1) is 0 Å². The molecule has 3 N–H and O–H groups in total. The van der Waals surface area contributed by atoms with Gasteiger partial charge in [-0.25, -0.2) is 0 Å². The summed E-state index contributed by atoms with van der Waals surface area (Å²) in [5.41, 5.74) is 5.36. The molecule has 1 amide bonds. The molecule has 0 radical (unpaired) electrons. The fourth-order valence-electron chi connectivity index (χ4n) is 5.97. The number of benzene rings is 3. The lowest BCUT2D eigenvalue weighted by molar-refractivity contribution is 0.0936. The smallest absolute Gasteiger partial charge is 0.270 e. The minimum absolute atomic E-state index is 0.312. The monoisotopic (exact) mass is 611 g/mol. The van der Waals surface area contributed by atoms with E-state index in [1.165, 1.54) is 10.9 Å². The Morgan fingerprint density at radius 2 is 1.59 bits per heavy atom. The molecule has 3 aromatic carbocycles. The summed E-state index contributed by atoms with van der Waals surface area (Å²) in [5, 5.41) is 14.9. The number of ether oxygens (including phenoxy) is 2. The van der Waals surface area contributed by atoms with Crippen molar-refractivity contribution in [3.63, 3.8) is 0 Å². The van der Waals surface area contributed by atoms with Crippen molar-refractivity contribution in [2.45, 2.75) is 25.4 Å². The molecule has 7 aromatic rings. The summed E-state index contributed by atoms with van der Waals surface area (Å²) in [6.45, 7) is 0.414. The molecule has 0 unspecified atom stereocenters. The van der Waals surface area contributed by atoms with Crippen molar-refractivity contribution in [3.05, 3.63) is 138 Å². The van der Waals surface area contributed by atoms with Crippen molar-refractivity contribution >= 4 is 27.7 Å². The number of H-pyrrole nitrogens is 2. The van der Waals surface area contributed by atoms with Crippen molar-refractivity contribution in [2.24, 2.45) is 0 Å². The molecule has 0 aliphatic carbocycles. The lowest BCUT2D eigenvalue weighted by Gasteiger charge is -2.21. The lowest BCUT2D eigenvalue weighted by atomic mass is 10.0. The molecular weight excluding hydrogens is 578 g/mol. The van der Waals surface area contributed by atoms with Crippen LogP contribution >= 0.6 is 0 Å². The Morgan fingerprint density at radius 3 is 2.37 bits per heavy atom. The third-order valence-corrected chi connectivity index (χ3v) is 8.33. The van der Waals surface area contributed by atoms with Crippen LogP contribution in [0.1, 0.15) is 44.9 Å². The predicted octanol–water partition coefficient (Wildman–Crippen LogP) is 6.01. The number of aromatic nitrogens is 6. The van der Waals surface area contributed by atoms with Gasteiger partial charge in [0.25, 0.3) is 5.91 Å². The van der Waals surface area contributed by atoms with Gasteiger partial charge < -0.3 is 29.3 Å². The van der Waals surface area contributed by atoms with Crippen LogP contribution < -0.4 is 14.8 Å². The first-order valence-corrected chi connectivity index (χ1v) is 15.1. The summed E-state index contributed by atoms with van der Waals surface area (Å²) in [5.74, 6) is 2.45. The average molecular weight is 612 g/mol. The number of hydrogen-bond acceptors (Lipinski definition) is 6. The van der Waals surface area contributed by atoms with Gasteiger partial charge in [0.1, 0.15) is 29.1 Å². The molecule has 0 spiro atoms. The second-order valence-corrected chi connectivity index (χ2v) is 11.0. The van der Waals surface area contributed by atoms with Crippen LogP contribution in [0.3, 0.4) is 0 Å². The zero-order chi connectivity index (χ0) is 31.5. The number of rotatable bonds is 11. The maximum absolute atomic E-state index is 13.6. The molecule has 0 fully saturated rings. The highest BCUT2D eigenvalue weighted by Crippen LogP contribution is 2.32. The van der Waals surface area contributed by atoms with E-state index in [4.69, 9.17) is 19.7 Å². The minimum Gasteiger partial charge on any atom is -0.497 e. The summed E-state index contributed by atoms with van der Waals surface area (Å²) in [6, 6.07) is 26.7. The number of para-hydroxylation sites is 2. The molecule has 7 rings (SSSR count). The summed E-state index contributed by atoms with van der Waals surface area (Å²) >= 11 is 0. The van der Waals surface area contributed by atoms with E-state index in [9.17, 15) is 4.79 Å². The number of methoxy groups -OCH3 is 2. The molecule has 10 heteroatoms. The first-order chi connectivity index (χ1) is 22.6. The third-order valence-electron chi connectivity index (χ3n) is 8.33. The highest BCUT2D eigenvalue weighted by atomic mass is 16.5.